The van der Waals surface area contributed by atoms with Crippen molar-refractivity contribution in [3.63, 3.8) is 0 Å². The number of carbonyl (C=O) groups excluding carboxylic acids is 1. The Balaban J connectivity index is 1.92. The summed E-state index contributed by atoms with van der Waals surface area (Å²) in [7, 11) is 0. The average Bonchev–Trinajstić information content (AvgIpc) is 2.68. The van der Waals surface area contributed by atoms with Crippen molar-refractivity contribution in [1.82, 2.24) is 5.17 Å². The van der Waals surface area contributed by atoms with Crippen molar-refractivity contribution in [3.05, 3.63) is 79.7 Å². The molecule has 0 radical (unpaired) electrons. The van der Waals surface area contributed by atoms with Gasteiger partial charge in [0.15, 0.2) is 5.78 Å². The quantitative estimate of drug-likeness (QED) is 0.228. The molecule has 5 heteroatoms. The van der Waals surface area contributed by atoms with Gasteiger partial charge in [-0.2, -0.15) is 0 Å². The van der Waals surface area contributed by atoms with Crippen LogP contribution in [0.25, 0.3) is 5.57 Å². The summed E-state index contributed by atoms with van der Waals surface area (Å²) in [4.78, 5) is 13.3. The Labute approximate surface area is 180 Å². The zero-order chi connectivity index (χ0) is 20.1. The number of aryl methyl sites for hydroxylation is 1. The molecule has 1 atom stereocenters. The largest absolute Gasteiger partial charge is 0.743 e. The number of nitrogens with zero attached hydrogens (tertiary/aromatic N) is 1. The van der Waals surface area contributed by atoms with Crippen molar-refractivity contribution in [3.8, 4) is 0 Å². The summed E-state index contributed by atoms with van der Waals surface area (Å²) in [5, 5.41) is 12.4. The number of hydrogen-bond donors (Lipinski definition) is 1. The summed E-state index contributed by atoms with van der Waals surface area (Å²) in [5.74, 6) is 5.12. The number of ketones is 1. The second kappa shape index (κ2) is 9.67. The van der Waals surface area contributed by atoms with Gasteiger partial charge in [0.1, 0.15) is 0 Å². The van der Waals surface area contributed by atoms with Gasteiger partial charge in [0.25, 0.3) is 0 Å². The predicted octanol–water partition coefficient (Wildman–Crippen LogP) is 5.56. The third-order valence-corrected chi connectivity index (χ3v) is 6.10. The van der Waals surface area contributed by atoms with Gasteiger partial charge in [-0.3, -0.25) is 10.6 Å². The first-order chi connectivity index (χ1) is 13.5. The number of fused-ring (bicyclic) bond motifs is 1. The highest BCUT2D eigenvalue weighted by Crippen LogP contribution is 2.41. The number of unbranched alkanes of at least 4 members (excludes halogenated alkanes) is 2. The van der Waals surface area contributed by atoms with Crippen LogP contribution < -0.4 is 5.84 Å². The number of halogens is 1. The summed E-state index contributed by atoms with van der Waals surface area (Å²) in [6, 6.07) is 16.3. The highest BCUT2D eigenvalue weighted by Gasteiger charge is 2.33. The molecule has 3 rings (SSSR count). The van der Waals surface area contributed by atoms with Crippen LogP contribution in [0, 0.1) is 8.78 Å². The fraction of sp³-hybridized carbons (Fsp3) is 0.348. The van der Waals surface area contributed by atoms with Gasteiger partial charge in [0.05, 0.1) is 5.70 Å². The molecule has 148 valence electrons. The molecule has 28 heavy (non-hydrogen) atoms. The minimum atomic E-state index is -0.333. The lowest BCUT2D eigenvalue weighted by atomic mass is 9.76. The van der Waals surface area contributed by atoms with E-state index in [1.165, 1.54) is 9.13 Å². The van der Waals surface area contributed by atoms with Crippen LogP contribution in [0.5, 0.6) is 0 Å². The summed E-state index contributed by atoms with van der Waals surface area (Å²) < 4.78 is 1.19. The molecule has 1 unspecified atom stereocenters. The first-order valence-corrected chi connectivity index (χ1v) is 10.9. The van der Waals surface area contributed by atoms with Gasteiger partial charge in [0.2, 0.25) is 0 Å². The van der Waals surface area contributed by atoms with E-state index in [0.29, 0.717) is 12.8 Å². The second-order valence-electron chi connectivity index (χ2n) is 7.28. The lowest BCUT2D eigenvalue weighted by Gasteiger charge is -2.36. The van der Waals surface area contributed by atoms with Crippen molar-refractivity contribution in [1.29, 1.82) is 0 Å². The maximum Gasteiger partial charge on any atom is 0.187 e. The average molecular weight is 489 g/mol. The molecule has 4 nitrogen and oxygen atoms in total. The smallest absolute Gasteiger partial charge is 0.187 e. The Morgan fingerprint density at radius 3 is 2.46 bits per heavy atom. The first kappa shape index (κ1) is 21.0. The van der Waals surface area contributed by atoms with Crippen molar-refractivity contribution >= 4 is 33.9 Å². The Morgan fingerprint density at radius 1 is 1.07 bits per heavy atom. The Morgan fingerprint density at radius 2 is 1.79 bits per heavy atom. The number of hydrazine groups is 1. The highest BCUT2D eigenvalue weighted by atomic mass is 127. The number of Topliss-reactive ketones (excluding diaryl/α,β-unsaturated/α-hetero) is 1. The van der Waals surface area contributed by atoms with E-state index in [4.69, 9.17) is 5.84 Å². The molecule has 0 spiro atoms. The predicted molar refractivity (Wildman–Crippen MR) is 122 cm³/mol. The lowest BCUT2D eigenvalue weighted by Crippen LogP contribution is -2.35. The van der Waals surface area contributed by atoms with Crippen molar-refractivity contribution in [2.45, 2.75) is 51.4 Å². The summed E-state index contributed by atoms with van der Waals surface area (Å²) >= 11 is 2.28. The van der Waals surface area contributed by atoms with Crippen molar-refractivity contribution < 1.29 is 4.79 Å². The van der Waals surface area contributed by atoms with Crippen LogP contribution in [0.2, 0.25) is 0 Å². The normalized spacial score (nSPS) is 16.3. The zero-order valence-electron chi connectivity index (χ0n) is 16.2. The molecule has 0 fully saturated rings. The SMILES string of the molecule is CCCCCC1=C(N(N)[O-])C(=O)C(CCc2ccc(I)cc2)c2ccccc21. The molecule has 0 aromatic heterocycles. The van der Waals surface area contributed by atoms with Crippen LogP contribution in [0.15, 0.2) is 54.2 Å². The Kier molecular flexibility index (Phi) is 7.26. The van der Waals surface area contributed by atoms with Crippen molar-refractivity contribution in [2.24, 2.45) is 5.84 Å². The van der Waals surface area contributed by atoms with Gasteiger partial charge in [-0.05, 0) is 82.7 Å². The number of benzene rings is 2. The molecule has 2 aromatic carbocycles. The lowest BCUT2D eigenvalue weighted by molar-refractivity contribution is -0.118. The molecule has 1 aliphatic carbocycles. The van der Waals surface area contributed by atoms with Crippen LogP contribution in [0.1, 0.15) is 61.6 Å². The molecule has 0 amide bonds. The fourth-order valence-corrected chi connectivity index (χ4v) is 4.31. The van der Waals surface area contributed by atoms with Gasteiger partial charge in [-0.15, -0.1) is 0 Å². The number of carbonyl (C=O) groups is 1. The minimum Gasteiger partial charge on any atom is -0.743 e. The second-order valence-corrected chi connectivity index (χ2v) is 8.52. The van der Waals surface area contributed by atoms with Gasteiger partial charge >= 0.3 is 0 Å². The molecule has 0 saturated carbocycles. The Hall–Kier alpha value is -1.70. The summed E-state index contributed by atoms with van der Waals surface area (Å²) in [5.41, 5.74) is 4.17. The molecule has 0 saturated heterocycles. The molecule has 0 aliphatic heterocycles. The van der Waals surface area contributed by atoms with Gasteiger partial charge in [0, 0.05) is 9.49 Å². The van der Waals surface area contributed by atoms with Crippen molar-refractivity contribution in [2.75, 3.05) is 0 Å². The van der Waals surface area contributed by atoms with Gasteiger partial charge < -0.3 is 10.4 Å². The van der Waals surface area contributed by atoms with Gasteiger partial charge in [-0.25, -0.2) is 0 Å². The summed E-state index contributed by atoms with van der Waals surface area (Å²) in [6.45, 7) is 2.14. The molecular formula is C23H26IN2O2-. The molecule has 2 N–H and O–H groups in total. The number of nitrogens with two attached hydrogens (primary N) is 1. The van der Waals surface area contributed by atoms with Crippen LogP contribution in [0.4, 0.5) is 0 Å². The molecular weight excluding hydrogens is 463 g/mol. The fourth-order valence-electron chi connectivity index (χ4n) is 3.95. The number of hydrogen-bond acceptors (Lipinski definition) is 4. The molecule has 0 bridgehead atoms. The van der Waals surface area contributed by atoms with Crippen LogP contribution >= 0.6 is 22.6 Å². The molecule has 0 heterocycles. The Bertz CT molecular complexity index is 859. The monoisotopic (exact) mass is 489 g/mol. The number of allylic oxidation sites excluding steroid dienone is 2. The van der Waals surface area contributed by atoms with E-state index < -0.39 is 0 Å². The number of hydroxylamine groups is 1. The third kappa shape index (κ3) is 4.64. The maximum atomic E-state index is 13.3. The van der Waals surface area contributed by atoms with E-state index in [-0.39, 0.29) is 22.6 Å². The first-order valence-electron chi connectivity index (χ1n) is 9.86. The van der Waals surface area contributed by atoms with Crippen LogP contribution in [-0.2, 0) is 11.2 Å². The summed E-state index contributed by atoms with van der Waals surface area (Å²) in [6.07, 6.45) is 5.23. The minimum absolute atomic E-state index is 0.141. The topological polar surface area (TPSA) is 69.4 Å². The maximum absolute atomic E-state index is 13.3. The van der Waals surface area contributed by atoms with E-state index >= 15 is 0 Å². The van der Waals surface area contributed by atoms with E-state index in [1.54, 1.807) is 0 Å². The standard InChI is InChI=1S/C23H26IN2O2/c1-2-3-4-9-20-18-7-5-6-8-19(18)21(23(27)22(20)26(25)28)15-12-16-10-13-17(24)14-11-16/h5-8,10-11,13-14,21H,2-4,9,12,15,25H2,1H3/q-1. The molecule has 2 aromatic rings. The third-order valence-electron chi connectivity index (χ3n) is 5.38. The zero-order valence-corrected chi connectivity index (χ0v) is 18.3. The van der Waals surface area contributed by atoms with Crippen LogP contribution in [-0.4, -0.2) is 11.0 Å². The van der Waals surface area contributed by atoms with E-state index in [9.17, 15) is 10.0 Å². The van der Waals surface area contributed by atoms with E-state index in [0.717, 1.165) is 42.4 Å². The number of rotatable bonds is 8. The van der Waals surface area contributed by atoms with E-state index in [2.05, 4.69) is 53.8 Å². The van der Waals surface area contributed by atoms with Crippen LogP contribution in [0.3, 0.4) is 0 Å². The van der Waals surface area contributed by atoms with Gasteiger partial charge in [-0.1, -0.05) is 56.2 Å². The molecule has 1 aliphatic rings. The highest BCUT2D eigenvalue weighted by molar-refractivity contribution is 14.1. The van der Waals surface area contributed by atoms with E-state index in [1.807, 2.05) is 24.3 Å².